The highest BCUT2D eigenvalue weighted by atomic mass is 16.5. The summed E-state index contributed by atoms with van der Waals surface area (Å²) in [4.78, 5) is 13.5. The number of anilines is 2. The van der Waals surface area contributed by atoms with Gasteiger partial charge in [-0.05, 0) is 53.6 Å². The second kappa shape index (κ2) is 8.11. The van der Waals surface area contributed by atoms with Crippen molar-refractivity contribution in [3.8, 4) is 16.9 Å². The maximum absolute atomic E-state index is 13.5. The molecule has 1 atom stereocenters. The van der Waals surface area contributed by atoms with E-state index in [1.165, 1.54) is 5.56 Å². The highest BCUT2D eigenvalue weighted by molar-refractivity contribution is 6.01. The smallest absolute Gasteiger partial charge is 0.163 e. The van der Waals surface area contributed by atoms with Gasteiger partial charge in [0, 0.05) is 23.3 Å². The summed E-state index contributed by atoms with van der Waals surface area (Å²) >= 11 is 0. The van der Waals surface area contributed by atoms with Crippen molar-refractivity contribution in [1.82, 2.24) is 0 Å². The van der Waals surface area contributed by atoms with Gasteiger partial charge in [0.25, 0.3) is 0 Å². The van der Waals surface area contributed by atoms with E-state index in [9.17, 15) is 4.79 Å². The number of ketones is 1. The van der Waals surface area contributed by atoms with Crippen LogP contribution in [0.1, 0.15) is 43.9 Å². The lowest BCUT2D eigenvalue weighted by Gasteiger charge is -2.34. The first kappa shape index (κ1) is 21.3. The number of allylic oxidation sites excluding steroid dienone is 1. The first-order valence-corrected chi connectivity index (χ1v) is 11.5. The summed E-state index contributed by atoms with van der Waals surface area (Å²) in [5.41, 5.74) is 8.20. The number of para-hydroxylation sites is 1. The minimum Gasteiger partial charge on any atom is -0.496 e. The van der Waals surface area contributed by atoms with E-state index in [1.807, 2.05) is 30.3 Å². The van der Waals surface area contributed by atoms with Crippen molar-refractivity contribution in [3.05, 3.63) is 89.1 Å². The molecule has 2 N–H and O–H groups in total. The highest BCUT2D eigenvalue weighted by Crippen LogP contribution is 2.46. The number of hydrogen-bond donors (Lipinski definition) is 2. The van der Waals surface area contributed by atoms with Crippen LogP contribution < -0.4 is 15.4 Å². The predicted molar refractivity (Wildman–Crippen MR) is 135 cm³/mol. The van der Waals surface area contributed by atoms with Gasteiger partial charge in [-0.15, -0.1) is 0 Å². The molecule has 2 aliphatic rings. The summed E-state index contributed by atoms with van der Waals surface area (Å²) in [5, 5.41) is 7.38. The molecule has 0 radical (unpaired) electrons. The van der Waals surface area contributed by atoms with Crippen LogP contribution in [-0.2, 0) is 4.79 Å². The normalized spacial score (nSPS) is 19.0. The number of rotatable bonds is 3. The Labute approximate surface area is 195 Å². The van der Waals surface area contributed by atoms with Gasteiger partial charge in [0.1, 0.15) is 5.75 Å². The van der Waals surface area contributed by atoms with Gasteiger partial charge in [-0.2, -0.15) is 0 Å². The quantitative estimate of drug-likeness (QED) is 0.467. The van der Waals surface area contributed by atoms with Crippen LogP contribution in [0.25, 0.3) is 11.1 Å². The van der Waals surface area contributed by atoms with Crippen LogP contribution in [0, 0.1) is 12.3 Å². The molecule has 4 heteroatoms. The molecule has 0 bridgehead atoms. The van der Waals surface area contributed by atoms with Gasteiger partial charge >= 0.3 is 0 Å². The molecular formula is C29H30N2O2. The molecule has 0 amide bonds. The van der Waals surface area contributed by atoms with Gasteiger partial charge in [-0.25, -0.2) is 0 Å². The Morgan fingerprint density at radius 2 is 1.70 bits per heavy atom. The third kappa shape index (κ3) is 3.91. The van der Waals surface area contributed by atoms with Crippen LogP contribution in [-0.4, -0.2) is 12.9 Å². The average molecular weight is 439 g/mol. The monoisotopic (exact) mass is 438 g/mol. The third-order valence-corrected chi connectivity index (χ3v) is 6.73. The summed E-state index contributed by atoms with van der Waals surface area (Å²) in [6.07, 6.45) is 1.40. The molecule has 4 nitrogen and oxygen atoms in total. The molecule has 0 saturated carbocycles. The molecule has 1 unspecified atom stereocenters. The SMILES string of the molecule is COc1ccccc1-c1ccc2c(c1)NC(c1ccccc1C)C1=C(CC(C)(C)CC1=O)N2. The van der Waals surface area contributed by atoms with Crippen molar-refractivity contribution in [2.75, 3.05) is 17.7 Å². The lowest BCUT2D eigenvalue weighted by molar-refractivity contribution is -0.118. The van der Waals surface area contributed by atoms with Crippen LogP contribution in [0.2, 0.25) is 0 Å². The van der Waals surface area contributed by atoms with Crippen molar-refractivity contribution >= 4 is 17.2 Å². The summed E-state index contributed by atoms with van der Waals surface area (Å²) in [6.45, 7) is 6.45. The molecule has 0 fully saturated rings. The van der Waals surface area contributed by atoms with Gasteiger partial charge in [-0.3, -0.25) is 4.79 Å². The number of carbonyl (C=O) groups excluding carboxylic acids is 1. The molecular weight excluding hydrogens is 408 g/mol. The molecule has 0 saturated heterocycles. The molecule has 33 heavy (non-hydrogen) atoms. The standard InChI is InChI=1S/C29H30N2O2/c1-18-9-5-6-10-20(18)28-27-24(16-29(2,3)17-25(27)32)30-22-14-13-19(15-23(22)31-28)21-11-7-8-12-26(21)33-4/h5-15,28,30-31H,16-17H2,1-4H3. The van der Waals surface area contributed by atoms with Crippen molar-refractivity contribution in [2.24, 2.45) is 5.41 Å². The zero-order valence-electron chi connectivity index (χ0n) is 19.7. The lowest BCUT2D eigenvalue weighted by Crippen LogP contribution is -2.31. The van der Waals surface area contributed by atoms with Crippen LogP contribution in [0.5, 0.6) is 5.75 Å². The number of fused-ring (bicyclic) bond motifs is 1. The number of ether oxygens (including phenoxy) is 1. The van der Waals surface area contributed by atoms with E-state index in [0.29, 0.717) is 6.42 Å². The number of carbonyl (C=O) groups is 1. The Morgan fingerprint density at radius 1 is 0.939 bits per heavy atom. The number of aryl methyl sites for hydroxylation is 1. The predicted octanol–water partition coefficient (Wildman–Crippen LogP) is 6.89. The zero-order valence-corrected chi connectivity index (χ0v) is 19.7. The molecule has 168 valence electrons. The van der Waals surface area contributed by atoms with Crippen molar-refractivity contribution in [1.29, 1.82) is 0 Å². The Bertz CT molecular complexity index is 1270. The van der Waals surface area contributed by atoms with E-state index in [1.54, 1.807) is 7.11 Å². The highest BCUT2D eigenvalue weighted by Gasteiger charge is 2.39. The first-order chi connectivity index (χ1) is 15.9. The fraction of sp³-hybridized carbons (Fsp3) is 0.276. The number of nitrogens with one attached hydrogen (secondary N) is 2. The van der Waals surface area contributed by atoms with Gasteiger partial charge < -0.3 is 15.4 Å². The number of Topliss-reactive ketones (excluding diaryl/α,β-unsaturated/α-hetero) is 1. The molecule has 0 spiro atoms. The third-order valence-electron chi connectivity index (χ3n) is 6.73. The fourth-order valence-corrected chi connectivity index (χ4v) is 5.14. The second-order valence-corrected chi connectivity index (χ2v) is 9.85. The van der Waals surface area contributed by atoms with Crippen LogP contribution in [0.3, 0.4) is 0 Å². The van der Waals surface area contributed by atoms with E-state index < -0.39 is 0 Å². The number of methoxy groups -OCH3 is 1. The number of benzene rings is 3. The topological polar surface area (TPSA) is 50.4 Å². The molecule has 5 rings (SSSR count). The first-order valence-electron chi connectivity index (χ1n) is 11.5. The molecule has 1 aliphatic carbocycles. The minimum atomic E-state index is -0.202. The zero-order chi connectivity index (χ0) is 23.2. The van der Waals surface area contributed by atoms with Gasteiger partial charge in [-0.1, -0.05) is 62.4 Å². The van der Waals surface area contributed by atoms with Crippen molar-refractivity contribution in [2.45, 2.75) is 39.7 Å². The van der Waals surface area contributed by atoms with E-state index in [2.05, 4.69) is 67.8 Å². The summed E-state index contributed by atoms with van der Waals surface area (Å²) in [5.74, 6) is 1.05. The van der Waals surface area contributed by atoms with Crippen LogP contribution in [0.15, 0.2) is 78.0 Å². The fourth-order valence-electron chi connectivity index (χ4n) is 5.14. The molecule has 1 heterocycles. The van der Waals surface area contributed by atoms with Gasteiger partial charge in [0.2, 0.25) is 0 Å². The summed E-state index contributed by atoms with van der Waals surface area (Å²) in [7, 11) is 1.70. The van der Waals surface area contributed by atoms with Crippen molar-refractivity contribution < 1.29 is 9.53 Å². The summed E-state index contributed by atoms with van der Waals surface area (Å²) in [6, 6.07) is 22.5. The summed E-state index contributed by atoms with van der Waals surface area (Å²) < 4.78 is 5.60. The molecule has 0 aromatic heterocycles. The van der Waals surface area contributed by atoms with E-state index >= 15 is 0 Å². The largest absolute Gasteiger partial charge is 0.496 e. The van der Waals surface area contributed by atoms with Gasteiger partial charge in [0.15, 0.2) is 5.78 Å². The maximum Gasteiger partial charge on any atom is 0.163 e. The van der Waals surface area contributed by atoms with Crippen LogP contribution in [0.4, 0.5) is 11.4 Å². The van der Waals surface area contributed by atoms with Crippen molar-refractivity contribution in [3.63, 3.8) is 0 Å². The molecule has 3 aromatic rings. The maximum atomic E-state index is 13.5. The Balaban J connectivity index is 1.66. The Hall–Kier alpha value is -3.53. The lowest BCUT2D eigenvalue weighted by atomic mass is 9.73. The minimum absolute atomic E-state index is 0.0684. The second-order valence-electron chi connectivity index (χ2n) is 9.85. The molecule has 3 aromatic carbocycles. The number of hydrogen-bond acceptors (Lipinski definition) is 4. The average Bonchev–Trinajstić information content (AvgIpc) is 2.94. The van der Waals surface area contributed by atoms with E-state index in [0.717, 1.165) is 51.5 Å². The van der Waals surface area contributed by atoms with E-state index in [-0.39, 0.29) is 17.2 Å². The Morgan fingerprint density at radius 3 is 2.48 bits per heavy atom. The van der Waals surface area contributed by atoms with Gasteiger partial charge in [0.05, 0.1) is 24.5 Å². The van der Waals surface area contributed by atoms with Crippen LogP contribution >= 0.6 is 0 Å². The Kier molecular flexibility index (Phi) is 5.24. The van der Waals surface area contributed by atoms with E-state index in [4.69, 9.17) is 4.74 Å². The molecule has 1 aliphatic heterocycles.